The molecule has 1 amide bonds. The zero-order chi connectivity index (χ0) is 19.5. The number of halogens is 1. The maximum atomic E-state index is 12.3. The van der Waals surface area contributed by atoms with Crippen LogP contribution in [0.4, 0.5) is 5.69 Å². The Hall–Kier alpha value is -1.19. The van der Waals surface area contributed by atoms with Crippen molar-refractivity contribution in [1.29, 1.82) is 0 Å². The molecule has 1 aromatic carbocycles. The van der Waals surface area contributed by atoms with Crippen LogP contribution in [0.2, 0.25) is 5.02 Å². The minimum Gasteiger partial charge on any atom is -0.373 e. The number of nitrogens with zero attached hydrogens (tertiary/aromatic N) is 2. The van der Waals surface area contributed by atoms with Crippen molar-refractivity contribution in [1.82, 2.24) is 9.21 Å². The predicted molar refractivity (Wildman–Crippen MR) is 102 cm³/mol. The predicted octanol–water partition coefficient (Wildman–Crippen LogP) is 2.03. The van der Waals surface area contributed by atoms with E-state index in [0.717, 1.165) is 17.4 Å². The number of hydrogen-bond acceptors (Lipinski definition) is 5. The molecule has 1 aliphatic heterocycles. The summed E-state index contributed by atoms with van der Waals surface area (Å²) >= 11 is 6.11. The van der Waals surface area contributed by atoms with Gasteiger partial charge in [0, 0.05) is 40.2 Å². The van der Waals surface area contributed by atoms with Crippen molar-refractivity contribution < 1.29 is 17.9 Å². The Morgan fingerprint density at radius 3 is 2.50 bits per heavy atom. The Kier molecular flexibility index (Phi) is 7.04. The van der Waals surface area contributed by atoms with Crippen LogP contribution in [0.3, 0.4) is 0 Å². The highest BCUT2D eigenvalue weighted by Crippen LogP contribution is 2.26. The van der Waals surface area contributed by atoms with Crippen LogP contribution in [0.5, 0.6) is 0 Å². The molecule has 7 nitrogen and oxygen atoms in total. The summed E-state index contributed by atoms with van der Waals surface area (Å²) in [5.74, 6) is -0.210. The highest BCUT2D eigenvalue weighted by molar-refractivity contribution is 7.89. The van der Waals surface area contributed by atoms with Gasteiger partial charge in [-0.25, -0.2) is 12.7 Å². The van der Waals surface area contributed by atoms with Crippen LogP contribution < -0.4 is 5.32 Å². The van der Waals surface area contributed by atoms with Crippen LogP contribution in [-0.4, -0.2) is 69.5 Å². The highest BCUT2D eigenvalue weighted by atomic mass is 35.5. The molecule has 0 aliphatic carbocycles. The first-order valence-electron chi connectivity index (χ1n) is 8.49. The molecule has 0 saturated carbocycles. The monoisotopic (exact) mass is 403 g/mol. The second-order valence-corrected chi connectivity index (χ2v) is 9.30. The third-order valence-electron chi connectivity index (χ3n) is 4.14. The topological polar surface area (TPSA) is 79.0 Å². The number of nitrogens with one attached hydrogen (secondary N) is 1. The lowest BCUT2D eigenvalue weighted by Gasteiger charge is -2.35. The van der Waals surface area contributed by atoms with E-state index in [0.29, 0.717) is 23.7 Å². The number of benzene rings is 1. The van der Waals surface area contributed by atoms with E-state index in [2.05, 4.69) is 10.2 Å². The van der Waals surface area contributed by atoms with Crippen molar-refractivity contribution in [2.24, 2.45) is 0 Å². The standard InChI is InChI=1S/C17H26ClN3O4S/c1-12-10-21(11-13(2)25-12)8-7-17(22)19-16-9-14(5-6-15(16)18)26(23,24)20(3)4/h5-6,9,12-13H,7-8,10-11H2,1-4H3,(H,19,22). The van der Waals surface area contributed by atoms with Gasteiger partial charge in [-0.05, 0) is 32.0 Å². The molecule has 0 bridgehead atoms. The Bertz CT molecular complexity index is 744. The largest absolute Gasteiger partial charge is 0.373 e. The molecular formula is C17H26ClN3O4S. The second-order valence-electron chi connectivity index (χ2n) is 6.74. The van der Waals surface area contributed by atoms with Crippen LogP contribution in [0.15, 0.2) is 23.1 Å². The molecule has 0 spiro atoms. The molecule has 9 heteroatoms. The Morgan fingerprint density at radius 1 is 1.31 bits per heavy atom. The molecule has 2 rings (SSSR count). The summed E-state index contributed by atoms with van der Waals surface area (Å²) in [7, 11) is -0.691. The number of anilines is 1. The van der Waals surface area contributed by atoms with Gasteiger partial charge in [0.05, 0.1) is 27.8 Å². The maximum absolute atomic E-state index is 12.3. The minimum atomic E-state index is -3.59. The first kappa shape index (κ1) is 21.1. The van der Waals surface area contributed by atoms with Gasteiger partial charge in [-0.15, -0.1) is 0 Å². The molecule has 1 N–H and O–H groups in total. The van der Waals surface area contributed by atoms with Crippen LogP contribution >= 0.6 is 11.6 Å². The average molecular weight is 404 g/mol. The van der Waals surface area contributed by atoms with Gasteiger partial charge in [-0.1, -0.05) is 11.6 Å². The third-order valence-corrected chi connectivity index (χ3v) is 6.28. The van der Waals surface area contributed by atoms with Crippen molar-refractivity contribution in [2.45, 2.75) is 37.4 Å². The summed E-state index contributed by atoms with van der Waals surface area (Å²) in [6.07, 6.45) is 0.578. The van der Waals surface area contributed by atoms with Crippen molar-refractivity contribution in [3.8, 4) is 0 Å². The van der Waals surface area contributed by atoms with Gasteiger partial charge >= 0.3 is 0 Å². The lowest BCUT2D eigenvalue weighted by Crippen LogP contribution is -2.46. The fraction of sp³-hybridized carbons (Fsp3) is 0.588. The van der Waals surface area contributed by atoms with Gasteiger partial charge in [0.25, 0.3) is 0 Å². The van der Waals surface area contributed by atoms with Crippen LogP contribution in [0.25, 0.3) is 0 Å². The van der Waals surface area contributed by atoms with Crippen molar-refractivity contribution in [3.05, 3.63) is 23.2 Å². The molecule has 1 aromatic rings. The van der Waals surface area contributed by atoms with E-state index in [1.807, 2.05) is 13.8 Å². The Morgan fingerprint density at radius 2 is 1.92 bits per heavy atom. The molecule has 1 aliphatic rings. The molecule has 1 heterocycles. The SMILES string of the molecule is CC1CN(CCC(=O)Nc2cc(S(=O)(=O)N(C)C)ccc2Cl)CC(C)O1. The normalized spacial score (nSPS) is 21.8. The van der Waals surface area contributed by atoms with Crippen molar-refractivity contribution >= 4 is 33.2 Å². The first-order chi connectivity index (χ1) is 12.1. The summed E-state index contributed by atoms with van der Waals surface area (Å²) in [6.45, 7) is 6.21. The van der Waals surface area contributed by atoms with E-state index in [1.54, 1.807) is 0 Å². The summed E-state index contributed by atoms with van der Waals surface area (Å²) in [4.78, 5) is 14.5. The third kappa shape index (κ3) is 5.40. The molecular weight excluding hydrogens is 378 g/mol. The number of morpholine rings is 1. The molecule has 0 radical (unpaired) electrons. The van der Waals surface area contributed by atoms with E-state index in [1.165, 1.54) is 32.3 Å². The van der Waals surface area contributed by atoms with Gasteiger partial charge in [0.2, 0.25) is 15.9 Å². The summed E-state index contributed by atoms with van der Waals surface area (Å²) in [5, 5.41) is 3.01. The fourth-order valence-corrected chi connectivity index (χ4v) is 4.00. The number of rotatable bonds is 6. The second kappa shape index (κ2) is 8.67. The molecule has 1 fully saturated rings. The molecule has 0 aromatic heterocycles. The Balaban J connectivity index is 2.00. The van der Waals surface area contributed by atoms with Gasteiger partial charge < -0.3 is 10.1 Å². The number of ether oxygens (including phenoxy) is 1. The zero-order valence-corrected chi connectivity index (χ0v) is 17.1. The van der Waals surface area contributed by atoms with E-state index in [-0.39, 0.29) is 23.0 Å². The number of sulfonamides is 1. The van der Waals surface area contributed by atoms with E-state index < -0.39 is 10.0 Å². The number of carbonyl (C=O) groups excluding carboxylic acids is 1. The Labute approximate surface area is 160 Å². The van der Waals surface area contributed by atoms with Gasteiger partial charge in [0.1, 0.15) is 0 Å². The first-order valence-corrected chi connectivity index (χ1v) is 10.3. The van der Waals surface area contributed by atoms with Crippen LogP contribution in [0, 0.1) is 0 Å². The van der Waals surface area contributed by atoms with E-state index in [4.69, 9.17) is 16.3 Å². The number of amides is 1. The molecule has 2 unspecified atom stereocenters. The van der Waals surface area contributed by atoms with Crippen molar-refractivity contribution in [2.75, 3.05) is 39.0 Å². The summed E-state index contributed by atoms with van der Waals surface area (Å²) in [6, 6.07) is 4.27. The van der Waals surface area contributed by atoms with Gasteiger partial charge in [-0.3, -0.25) is 9.69 Å². The summed E-state index contributed by atoms with van der Waals surface area (Å²) in [5.41, 5.74) is 0.295. The molecule has 146 valence electrons. The van der Waals surface area contributed by atoms with Gasteiger partial charge in [0.15, 0.2) is 0 Å². The lowest BCUT2D eigenvalue weighted by molar-refractivity contribution is -0.117. The number of hydrogen-bond donors (Lipinski definition) is 1. The summed E-state index contributed by atoms with van der Waals surface area (Å²) < 4.78 is 31.2. The number of carbonyl (C=O) groups is 1. The van der Waals surface area contributed by atoms with Crippen molar-refractivity contribution in [3.63, 3.8) is 0 Å². The minimum absolute atomic E-state index is 0.0815. The fourth-order valence-electron chi connectivity index (χ4n) is 2.91. The smallest absolute Gasteiger partial charge is 0.242 e. The maximum Gasteiger partial charge on any atom is 0.242 e. The molecule has 1 saturated heterocycles. The molecule has 26 heavy (non-hydrogen) atoms. The van der Waals surface area contributed by atoms with E-state index >= 15 is 0 Å². The van der Waals surface area contributed by atoms with Crippen LogP contribution in [0.1, 0.15) is 20.3 Å². The highest BCUT2D eigenvalue weighted by Gasteiger charge is 2.23. The van der Waals surface area contributed by atoms with Crippen LogP contribution in [-0.2, 0) is 19.6 Å². The average Bonchev–Trinajstić information content (AvgIpc) is 2.54. The zero-order valence-electron chi connectivity index (χ0n) is 15.5. The quantitative estimate of drug-likeness (QED) is 0.786. The van der Waals surface area contributed by atoms with Gasteiger partial charge in [-0.2, -0.15) is 0 Å². The molecule has 2 atom stereocenters. The lowest BCUT2D eigenvalue weighted by atomic mass is 10.2. The van der Waals surface area contributed by atoms with E-state index in [9.17, 15) is 13.2 Å².